The molecule has 166 valence electrons. The van der Waals surface area contributed by atoms with Crippen LogP contribution >= 0.6 is 0 Å². The Balaban J connectivity index is 1.65. The molecule has 0 saturated carbocycles. The average Bonchev–Trinajstić information content (AvgIpc) is 2.80. The molecule has 3 amide bonds. The molecule has 1 fully saturated rings. The van der Waals surface area contributed by atoms with Crippen molar-refractivity contribution in [1.82, 2.24) is 15.5 Å². The predicted molar refractivity (Wildman–Crippen MR) is 123 cm³/mol. The maximum absolute atomic E-state index is 12.9. The number of carbonyl (C=O) groups excluding carboxylic acids is 2. The number of likely N-dealkylation sites (tertiary alicyclic amines) is 1. The van der Waals surface area contributed by atoms with E-state index in [1.807, 2.05) is 68.1 Å². The van der Waals surface area contributed by atoms with Gasteiger partial charge in [-0.1, -0.05) is 24.3 Å². The molecule has 3 rings (SSSR count). The van der Waals surface area contributed by atoms with Crippen molar-refractivity contribution in [2.75, 3.05) is 26.2 Å². The summed E-state index contributed by atoms with van der Waals surface area (Å²) >= 11 is 0. The molecule has 0 aliphatic carbocycles. The fourth-order valence-electron chi connectivity index (χ4n) is 4.01. The fourth-order valence-corrected chi connectivity index (χ4v) is 4.01. The highest BCUT2D eigenvalue weighted by atomic mass is 16.5. The number of benzene rings is 2. The molecule has 2 N–H and O–H groups in total. The zero-order chi connectivity index (χ0) is 22.2. The third kappa shape index (κ3) is 6.00. The number of rotatable bonds is 7. The molecule has 1 saturated heterocycles. The maximum atomic E-state index is 12.9. The van der Waals surface area contributed by atoms with Gasteiger partial charge in [0.15, 0.2) is 0 Å². The molecule has 0 unspecified atom stereocenters. The third-order valence-electron chi connectivity index (χ3n) is 5.70. The lowest BCUT2D eigenvalue weighted by atomic mass is 9.89. The number of hydrogen-bond donors (Lipinski definition) is 2. The molecule has 2 atom stereocenters. The van der Waals surface area contributed by atoms with Crippen molar-refractivity contribution in [2.24, 2.45) is 0 Å². The van der Waals surface area contributed by atoms with Gasteiger partial charge < -0.3 is 20.3 Å². The van der Waals surface area contributed by atoms with Crippen molar-refractivity contribution < 1.29 is 14.3 Å². The summed E-state index contributed by atoms with van der Waals surface area (Å²) in [6.07, 6.45) is 1.98. The van der Waals surface area contributed by atoms with Crippen molar-refractivity contribution >= 4 is 11.9 Å². The van der Waals surface area contributed by atoms with Crippen LogP contribution in [0, 0.1) is 0 Å². The number of ether oxygens (including phenoxy) is 1. The van der Waals surface area contributed by atoms with Gasteiger partial charge >= 0.3 is 6.03 Å². The summed E-state index contributed by atoms with van der Waals surface area (Å²) in [5.74, 6) is 0.971. The molecule has 0 aromatic heterocycles. The quantitative estimate of drug-likeness (QED) is 0.690. The molecule has 1 heterocycles. The summed E-state index contributed by atoms with van der Waals surface area (Å²) in [6, 6.07) is 15.5. The Morgan fingerprint density at radius 1 is 1.16 bits per heavy atom. The first kappa shape index (κ1) is 22.7. The first-order valence-corrected chi connectivity index (χ1v) is 11.2. The summed E-state index contributed by atoms with van der Waals surface area (Å²) < 4.78 is 5.48. The smallest absolute Gasteiger partial charge is 0.317 e. The van der Waals surface area contributed by atoms with Gasteiger partial charge in [0.2, 0.25) is 0 Å². The predicted octanol–water partition coefficient (Wildman–Crippen LogP) is 4.49. The van der Waals surface area contributed by atoms with Crippen LogP contribution in [0.1, 0.15) is 67.1 Å². The van der Waals surface area contributed by atoms with Crippen LogP contribution in [0.3, 0.4) is 0 Å². The normalized spacial score (nSPS) is 17.0. The zero-order valence-electron chi connectivity index (χ0n) is 18.7. The highest BCUT2D eigenvalue weighted by Gasteiger charge is 2.25. The maximum Gasteiger partial charge on any atom is 0.317 e. The van der Waals surface area contributed by atoms with E-state index in [2.05, 4.69) is 16.7 Å². The Morgan fingerprint density at radius 3 is 2.65 bits per heavy atom. The second-order valence-electron chi connectivity index (χ2n) is 7.94. The standard InChI is InChI=1S/C25H33N3O3/c1-4-26-25(30)28-15-7-10-22(17-28)20-8-6-9-21(16-20)24(29)27-18(3)19-11-13-23(14-12-19)31-5-2/h6,8-9,11-14,16,18,22H,4-5,7,10,15,17H2,1-3H3,(H,26,30)(H,27,29)/t18-,22-/m1/s1. The van der Waals surface area contributed by atoms with Crippen molar-refractivity contribution in [3.8, 4) is 5.75 Å². The number of nitrogens with zero attached hydrogens (tertiary/aromatic N) is 1. The van der Waals surface area contributed by atoms with Gasteiger partial charge in [0.25, 0.3) is 5.91 Å². The van der Waals surface area contributed by atoms with Crippen LogP contribution in [-0.4, -0.2) is 43.1 Å². The van der Waals surface area contributed by atoms with Crippen molar-refractivity contribution in [3.05, 3.63) is 65.2 Å². The number of amides is 3. The minimum Gasteiger partial charge on any atom is -0.494 e. The highest BCUT2D eigenvalue weighted by Crippen LogP contribution is 2.28. The van der Waals surface area contributed by atoms with E-state index in [1.165, 1.54) is 0 Å². The van der Waals surface area contributed by atoms with Crippen LogP contribution in [0.5, 0.6) is 5.75 Å². The van der Waals surface area contributed by atoms with E-state index in [-0.39, 0.29) is 23.9 Å². The summed E-state index contributed by atoms with van der Waals surface area (Å²) in [6.45, 7) is 8.57. The molecule has 0 radical (unpaired) electrons. The van der Waals surface area contributed by atoms with Gasteiger partial charge in [-0.2, -0.15) is 0 Å². The number of nitrogens with one attached hydrogen (secondary N) is 2. The second kappa shape index (κ2) is 10.8. The van der Waals surface area contributed by atoms with E-state index in [0.717, 1.165) is 36.3 Å². The van der Waals surface area contributed by atoms with E-state index < -0.39 is 0 Å². The lowest BCUT2D eigenvalue weighted by Crippen LogP contribution is -2.44. The molecule has 6 heteroatoms. The highest BCUT2D eigenvalue weighted by molar-refractivity contribution is 5.94. The summed E-state index contributed by atoms with van der Waals surface area (Å²) in [4.78, 5) is 27.0. The van der Waals surface area contributed by atoms with Gasteiger partial charge in [0, 0.05) is 31.1 Å². The lowest BCUT2D eigenvalue weighted by Gasteiger charge is -2.33. The summed E-state index contributed by atoms with van der Waals surface area (Å²) in [5, 5.41) is 5.96. The van der Waals surface area contributed by atoms with E-state index in [4.69, 9.17) is 4.74 Å². The van der Waals surface area contributed by atoms with Crippen LogP contribution in [-0.2, 0) is 0 Å². The van der Waals surface area contributed by atoms with Crippen LogP contribution in [0.15, 0.2) is 48.5 Å². The Labute approximate surface area is 185 Å². The third-order valence-corrected chi connectivity index (χ3v) is 5.70. The minimum atomic E-state index is -0.116. The van der Waals surface area contributed by atoms with Crippen LogP contribution in [0.4, 0.5) is 4.79 Å². The van der Waals surface area contributed by atoms with E-state index in [1.54, 1.807) is 0 Å². The van der Waals surface area contributed by atoms with Gasteiger partial charge in [0.1, 0.15) is 5.75 Å². The molecule has 0 spiro atoms. The Kier molecular flexibility index (Phi) is 7.93. The molecule has 31 heavy (non-hydrogen) atoms. The fraction of sp³-hybridized carbons (Fsp3) is 0.440. The Morgan fingerprint density at radius 2 is 1.94 bits per heavy atom. The first-order valence-electron chi connectivity index (χ1n) is 11.2. The van der Waals surface area contributed by atoms with E-state index in [9.17, 15) is 9.59 Å². The van der Waals surface area contributed by atoms with E-state index >= 15 is 0 Å². The van der Waals surface area contributed by atoms with Gasteiger partial charge in [-0.15, -0.1) is 0 Å². The van der Waals surface area contributed by atoms with Gasteiger partial charge in [-0.05, 0) is 69.0 Å². The average molecular weight is 424 g/mol. The lowest BCUT2D eigenvalue weighted by molar-refractivity contribution is 0.0939. The number of carbonyl (C=O) groups is 2. The molecule has 2 aromatic rings. The topological polar surface area (TPSA) is 70.7 Å². The Bertz CT molecular complexity index is 882. The monoisotopic (exact) mass is 423 g/mol. The SMILES string of the molecule is CCNC(=O)N1CCC[C@@H](c2cccc(C(=O)N[C@H](C)c3ccc(OCC)cc3)c2)C1. The largest absolute Gasteiger partial charge is 0.494 e. The molecule has 1 aliphatic heterocycles. The van der Waals surface area contributed by atoms with Crippen molar-refractivity contribution in [3.63, 3.8) is 0 Å². The zero-order valence-corrected chi connectivity index (χ0v) is 18.7. The molecular formula is C25H33N3O3. The molecular weight excluding hydrogens is 390 g/mol. The number of urea groups is 1. The molecule has 2 aromatic carbocycles. The molecule has 6 nitrogen and oxygen atoms in total. The summed E-state index contributed by atoms with van der Waals surface area (Å²) in [7, 11) is 0. The van der Waals surface area contributed by atoms with Gasteiger partial charge in [-0.25, -0.2) is 4.79 Å². The van der Waals surface area contributed by atoms with Gasteiger partial charge in [0.05, 0.1) is 12.6 Å². The number of piperidine rings is 1. The minimum absolute atomic E-state index is 0.00900. The molecule has 1 aliphatic rings. The van der Waals surface area contributed by atoms with E-state index in [0.29, 0.717) is 25.3 Å². The van der Waals surface area contributed by atoms with Crippen LogP contribution in [0.2, 0.25) is 0 Å². The van der Waals surface area contributed by atoms with Crippen molar-refractivity contribution in [1.29, 1.82) is 0 Å². The summed E-state index contributed by atoms with van der Waals surface area (Å²) in [5.41, 5.74) is 2.78. The van der Waals surface area contributed by atoms with Gasteiger partial charge in [-0.3, -0.25) is 4.79 Å². The van der Waals surface area contributed by atoms with Crippen LogP contribution < -0.4 is 15.4 Å². The van der Waals surface area contributed by atoms with Crippen LogP contribution in [0.25, 0.3) is 0 Å². The number of hydrogen-bond acceptors (Lipinski definition) is 3. The second-order valence-corrected chi connectivity index (χ2v) is 7.94. The Hall–Kier alpha value is -3.02. The molecule has 0 bridgehead atoms. The van der Waals surface area contributed by atoms with Crippen molar-refractivity contribution in [2.45, 2.75) is 45.6 Å². The first-order chi connectivity index (χ1) is 15.0.